The van der Waals surface area contributed by atoms with Gasteiger partial charge in [-0.1, -0.05) is 18.2 Å². The van der Waals surface area contributed by atoms with Crippen LogP contribution >= 0.6 is 11.3 Å². The van der Waals surface area contributed by atoms with Gasteiger partial charge in [0.1, 0.15) is 10.5 Å². The van der Waals surface area contributed by atoms with Crippen molar-refractivity contribution in [2.24, 2.45) is 0 Å². The molecule has 0 radical (unpaired) electrons. The van der Waals surface area contributed by atoms with Gasteiger partial charge in [-0.3, -0.25) is 4.79 Å². The number of nitrogens with two attached hydrogens (primary N) is 1. The van der Waals surface area contributed by atoms with Gasteiger partial charge in [0, 0.05) is 6.42 Å². The lowest BCUT2D eigenvalue weighted by atomic mass is 9.81. The first-order valence-electron chi connectivity index (χ1n) is 10.3. The zero-order valence-electron chi connectivity index (χ0n) is 18.5. The number of amides is 1. The van der Waals surface area contributed by atoms with E-state index in [1.807, 2.05) is 0 Å². The van der Waals surface area contributed by atoms with E-state index in [1.165, 1.54) is 11.3 Å². The molecule has 1 aliphatic rings. The fourth-order valence-electron chi connectivity index (χ4n) is 4.16. The highest BCUT2D eigenvalue weighted by atomic mass is 32.1. The first kappa shape index (κ1) is 23.0. The van der Waals surface area contributed by atoms with Gasteiger partial charge in [0.05, 0.1) is 28.1 Å². The van der Waals surface area contributed by atoms with Crippen LogP contribution in [-0.2, 0) is 26.2 Å². The second kappa shape index (κ2) is 8.80. The summed E-state index contributed by atoms with van der Waals surface area (Å²) in [6, 6.07) is 8.47. The molecule has 0 unspecified atom stereocenters. The lowest BCUT2D eigenvalue weighted by molar-refractivity contribution is -0.789. The van der Waals surface area contributed by atoms with Gasteiger partial charge in [0.2, 0.25) is 0 Å². The van der Waals surface area contributed by atoms with Crippen LogP contribution in [0.4, 0.5) is 5.00 Å². The van der Waals surface area contributed by atoms with E-state index in [2.05, 4.69) is 38.3 Å². The quantitative estimate of drug-likeness (QED) is 0.667. The number of quaternary nitrogens is 1. The van der Waals surface area contributed by atoms with Crippen LogP contribution in [0.1, 0.15) is 65.8 Å². The molecule has 0 aliphatic carbocycles. The van der Waals surface area contributed by atoms with E-state index in [4.69, 9.17) is 9.47 Å². The maximum atomic E-state index is 12.8. The minimum absolute atomic E-state index is 0.106. The van der Waals surface area contributed by atoms with Crippen LogP contribution in [0.5, 0.6) is 0 Å². The van der Waals surface area contributed by atoms with Crippen molar-refractivity contribution in [2.75, 3.05) is 18.5 Å². The zero-order chi connectivity index (χ0) is 22.8. The maximum absolute atomic E-state index is 12.8. The number of benzene rings is 1. The molecular weight excluding hydrogens is 416 g/mol. The Morgan fingerprint density at radius 1 is 1.06 bits per heavy atom. The lowest BCUT2D eigenvalue weighted by Crippen LogP contribution is -3.03. The van der Waals surface area contributed by atoms with E-state index in [0.717, 1.165) is 10.4 Å². The van der Waals surface area contributed by atoms with E-state index in [9.17, 15) is 14.4 Å². The number of hydrogen-bond acceptors (Lipinski definition) is 6. The number of fused-ring (bicyclic) bond motifs is 1. The molecule has 8 heteroatoms. The molecule has 0 atom stereocenters. The molecule has 0 saturated heterocycles. The van der Waals surface area contributed by atoms with Gasteiger partial charge in [0.15, 0.2) is 6.61 Å². The molecule has 1 aliphatic heterocycles. The molecule has 2 heterocycles. The van der Waals surface area contributed by atoms with E-state index < -0.39 is 24.5 Å². The Bertz CT molecular complexity index is 995. The Morgan fingerprint density at radius 3 is 2.39 bits per heavy atom. The number of esters is 2. The summed E-state index contributed by atoms with van der Waals surface area (Å²) in [4.78, 5) is 38.5. The second-order valence-corrected chi connectivity index (χ2v) is 9.88. The normalized spacial score (nSPS) is 16.2. The Labute approximate surface area is 186 Å². The molecule has 0 fully saturated rings. The van der Waals surface area contributed by atoms with Gasteiger partial charge >= 0.3 is 11.9 Å². The SMILES string of the molecule is CCOC(=O)c1c(NC(=O)COC(=O)c2ccccc2)sc2c1CC(C)(C)[NH2+]C2(C)C. The molecule has 166 valence electrons. The fourth-order valence-corrected chi connectivity index (χ4v) is 5.46. The zero-order valence-corrected chi connectivity index (χ0v) is 19.4. The third kappa shape index (κ3) is 5.14. The van der Waals surface area contributed by atoms with Crippen molar-refractivity contribution in [3.05, 3.63) is 51.9 Å². The van der Waals surface area contributed by atoms with Crippen LogP contribution in [0.2, 0.25) is 0 Å². The summed E-state index contributed by atoms with van der Waals surface area (Å²) >= 11 is 1.38. The predicted octanol–water partition coefficient (Wildman–Crippen LogP) is 2.85. The number of rotatable bonds is 6. The van der Waals surface area contributed by atoms with Crippen LogP contribution in [0.15, 0.2) is 30.3 Å². The summed E-state index contributed by atoms with van der Waals surface area (Å²) in [5.74, 6) is -1.54. The molecule has 0 spiro atoms. The van der Waals surface area contributed by atoms with E-state index >= 15 is 0 Å². The highest BCUT2D eigenvalue weighted by molar-refractivity contribution is 7.17. The molecular formula is C23H29N2O5S+. The number of anilines is 1. The van der Waals surface area contributed by atoms with Crippen molar-refractivity contribution in [3.8, 4) is 0 Å². The van der Waals surface area contributed by atoms with Gasteiger partial charge in [-0.2, -0.15) is 0 Å². The Kier molecular flexibility index (Phi) is 6.52. The van der Waals surface area contributed by atoms with Gasteiger partial charge in [0.25, 0.3) is 5.91 Å². The Morgan fingerprint density at radius 2 is 1.74 bits per heavy atom. The molecule has 0 bridgehead atoms. The van der Waals surface area contributed by atoms with Crippen molar-refractivity contribution < 1.29 is 29.2 Å². The van der Waals surface area contributed by atoms with Crippen LogP contribution < -0.4 is 10.6 Å². The van der Waals surface area contributed by atoms with Crippen LogP contribution in [0.3, 0.4) is 0 Å². The number of thiophene rings is 1. The van der Waals surface area contributed by atoms with Gasteiger partial charge in [-0.25, -0.2) is 9.59 Å². The first-order valence-corrected chi connectivity index (χ1v) is 11.1. The van der Waals surface area contributed by atoms with E-state index in [1.54, 1.807) is 37.3 Å². The van der Waals surface area contributed by atoms with E-state index in [0.29, 0.717) is 22.5 Å². The average Bonchev–Trinajstić information content (AvgIpc) is 3.04. The first-order chi connectivity index (χ1) is 14.5. The summed E-state index contributed by atoms with van der Waals surface area (Å²) in [7, 11) is 0. The standard InChI is InChI=1S/C23H28N2O5S/c1-6-29-21(28)17-15-12-22(2,3)25-23(4,5)18(15)31-19(17)24-16(26)13-30-20(27)14-10-8-7-9-11-14/h7-11,25H,6,12-13H2,1-5H3,(H,24,26)/p+1. The number of ether oxygens (including phenoxy) is 2. The van der Waals surface area contributed by atoms with Crippen LogP contribution in [0, 0.1) is 0 Å². The Hall–Kier alpha value is -2.71. The largest absolute Gasteiger partial charge is 0.462 e. The van der Waals surface area contributed by atoms with Crippen LogP contribution in [-0.4, -0.2) is 36.6 Å². The molecule has 1 aromatic heterocycles. The number of carbonyl (C=O) groups is 3. The van der Waals surface area contributed by atoms with Crippen molar-refractivity contribution >= 4 is 34.2 Å². The van der Waals surface area contributed by atoms with Gasteiger partial charge in [-0.05, 0) is 52.3 Å². The third-order valence-electron chi connectivity index (χ3n) is 5.05. The smallest absolute Gasteiger partial charge is 0.341 e. The van der Waals surface area contributed by atoms with Crippen LogP contribution in [0.25, 0.3) is 0 Å². The lowest BCUT2D eigenvalue weighted by Gasteiger charge is -2.38. The highest BCUT2D eigenvalue weighted by Gasteiger charge is 2.45. The summed E-state index contributed by atoms with van der Waals surface area (Å²) in [5, 5.41) is 5.48. The average molecular weight is 446 g/mol. The highest BCUT2D eigenvalue weighted by Crippen LogP contribution is 2.42. The third-order valence-corrected chi connectivity index (χ3v) is 6.54. The molecule has 7 nitrogen and oxygen atoms in total. The summed E-state index contributed by atoms with van der Waals surface area (Å²) in [6.45, 7) is 10.0. The van der Waals surface area contributed by atoms with E-state index in [-0.39, 0.29) is 17.7 Å². The molecule has 2 aromatic rings. The second-order valence-electron chi connectivity index (χ2n) is 8.86. The van der Waals surface area contributed by atoms with Crippen molar-refractivity contribution in [2.45, 2.75) is 52.1 Å². The topological polar surface area (TPSA) is 98.3 Å². The maximum Gasteiger partial charge on any atom is 0.341 e. The molecule has 1 aromatic carbocycles. The fraction of sp³-hybridized carbons (Fsp3) is 0.435. The van der Waals surface area contributed by atoms with Gasteiger partial charge in [-0.15, -0.1) is 11.3 Å². The monoisotopic (exact) mass is 445 g/mol. The summed E-state index contributed by atoms with van der Waals surface area (Å²) in [5.41, 5.74) is 1.32. The summed E-state index contributed by atoms with van der Waals surface area (Å²) in [6.07, 6.45) is 0.676. The minimum Gasteiger partial charge on any atom is -0.462 e. The molecule has 1 amide bonds. The van der Waals surface area contributed by atoms with Crippen molar-refractivity contribution in [1.82, 2.24) is 0 Å². The molecule has 3 rings (SSSR count). The summed E-state index contributed by atoms with van der Waals surface area (Å²) < 4.78 is 10.4. The molecule has 3 N–H and O–H groups in total. The predicted molar refractivity (Wildman–Crippen MR) is 118 cm³/mol. The Balaban J connectivity index is 1.83. The number of carbonyl (C=O) groups excluding carboxylic acids is 3. The number of nitrogens with one attached hydrogen (secondary N) is 1. The molecule has 31 heavy (non-hydrogen) atoms. The number of hydrogen-bond donors (Lipinski definition) is 2. The van der Waals surface area contributed by atoms with Crippen molar-refractivity contribution in [1.29, 1.82) is 0 Å². The van der Waals surface area contributed by atoms with Gasteiger partial charge < -0.3 is 20.1 Å². The minimum atomic E-state index is -0.579. The molecule has 0 saturated carbocycles. The van der Waals surface area contributed by atoms with Crippen molar-refractivity contribution in [3.63, 3.8) is 0 Å².